The van der Waals surface area contributed by atoms with Crippen molar-refractivity contribution in [2.24, 2.45) is 0 Å². The van der Waals surface area contributed by atoms with E-state index in [1.807, 2.05) is 13.1 Å². The molecule has 0 spiro atoms. The predicted molar refractivity (Wildman–Crippen MR) is 67.4 cm³/mol. The molecule has 0 radical (unpaired) electrons. The topological polar surface area (TPSA) is 108 Å². The summed E-state index contributed by atoms with van der Waals surface area (Å²) in [5, 5.41) is 15.5. The molecular formula is C11H11N4O4S-. The van der Waals surface area contributed by atoms with Crippen LogP contribution in [0.4, 0.5) is 0 Å². The van der Waals surface area contributed by atoms with Gasteiger partial charge in [-0.05, 0) is 37.0 Å². The van der Waals surface area contributed by atoms with Crippen molar-refractivity contribution in [2.75, 3.05) is 0 Å². The lowest BCUT2D eigenvalue weighted by atomic mass is 10.1. The van der Waals surface area contributed by atoms with Crippen LogP contribution in [-0.4, -0.2) is 28.6 Å². The Morgan fingerprint density at radius 3 is 2.25 bits per heavy atom. The average Bonchev–Trinajstić information content (AvgIpc) is 2.76. The summed E-state index contributed by atoms with van der Waals surface area (Å²) in [6.07, 6.45) is 2.03. The zero-order valence-electron chi connectivity index (χ0n) is 11.0. The Hall–Kier alpha value is -2.29. The van der Waals surface area contributed by atoms with E-state index < -0.39 is 19.9 Å². The Morgan fingerprint density at radius 1 is 1.25 bits per heavy atom. The number of nitro groups is 1. The van der Waals surface area contributed by atoms with E-state index in [4.69, 9.17) is 0 Å². The van der Waals surface area contributed by atoms with Gasteiger partial charge in [-0.1, -0.05) is 17.7 Å². The van der Waals surface area contributed by atoms with Gasteiger partial charge in [0.2, 0.25) is 0 Å². The van der Waals surface area contributed by atoms with Crippen molar-refractivity contribution in [2.45, 2.75) is 30.7 Å². The highest BCUT2D eigenvalue weighted by molar-refractivity contribution is 7.91. The summed E-state index contributed by atoms with van der Waals surface area (Å²) in [7, 11) is -3.98. The van der Waals surface area contributed by atoms with Crippen molar-refractivity contribution in [3.05, 3.63) is 45.1 Å². The number of hydrogen-bond acceptors (Lipinski definition) is 6. The van der Waals surface area contributed by atoms with E-state index in [9.17, 15) is 18.5 Å². The molecule has 20 heavy (non-hydrogen) atoms. The van der Waals surface area contributed by atoms with Crippen LogP contribution >= 0.6 is 0 Å². The lowest BCUT2D eigenvalue weighted by Crippen LogP contribution is -2.10. The van der Waals surface area contributed by atoms with Crippen LogP contribution in [0.25, 0.3) is 0 Å². The number of aryl methyl sites for hydroxylation is 3. The Labute approximate surface area is 115 Å². The molecule has 0 bridgehead atoms. The van der Waals surface area contributed by atoms with Gasteiger partial charge in [0, 0.05) is 5.03 Å². The van der Waals surface area contributed by atoms with E-state index in [2.05, 4.69) is 10.3 Å². The van der Waals surface area contributed by atoms with Gasteiger partial charge >= 0.3 is 0 Å². The van der Waals surface area contributed by atoms with Crippen LogP contribution in [-0.2, 0) is 9.84 Å². The first-order valence-corrected chi connectivity index (χ1v) is 7.04. The molecule has 2 aromatic rings. The minimum absolute atomic E-state index is 0.0785. The molecule has 0 fully saturated rings. The van der Waals surface area contributed by atoms with E-state index in [-0.39, 0.29) is 9.69 Å². The normalized spacial score (nSPS) is 11.6. The minimum atomic E-state index is -3.98. The quantitative estimate of drug-likeness (QED) is 0.472. The predicted octanol–water partition coefficient (Wildman–Crippen LogP) is 0.876. The number of hydrogen-bond donors (Lipinski definition) is 0. The third kappa shape index (κ3) is 2.27. The lowest BCUT2D eigenvalue weighted by molar-refractivity contribution is -0.554. The van der Waals surface area contributed by atoms with Gasteiger partial charge in [-0.2, -0.15) is 0 Å². The summed E-state index contributed by atoms with van der Waals surface area (Å²) in [5.74, 6) is 0. The Morgan fingerprint density at radius 2 is 1.80 bits per heavy atom. The first-order chi connectivity index (χ1) is 9.23. The first-order valence-electron chi connectivity index (χ1n) is 5.56. The second kappa shape index (κ2) is 4.67. The van der Waals surface area contributed by atoms with Gasteiger partial charge in [0.25, 0.3) is 0 Å². The largest absolute Gasteiger partial charge is 0.341 e. The highest BCUT2D eigenvalue weighted by Gasteiger charge is 2.22. The number of benzene rings is 1. The zero-order valence-corrected chi connectivity index (χ0v) is 11.8. The van der Waals surface area contributed by atoms with Crippen LogP contribution in [0.1, 0.15) is 16.7 Å². The fourth-order valence-electron chi connectivity index (χ4n) is 2.09. The first kappa shape index (κ1) is 14.1. The summed E-state index contributed by atoms with van der Waals surface area (Å²) >= 11 is 0. The molecule has 0 unspecified atom stereocenters. The Balaban J connectivity index is 2.63. The SMILES string of the molecule is Cc1cc(C)c(S(=O)(=O)c2[c-]n([N+](=O)[O-])nn2)c(C)c1. The number of aromatic nitrogens is 3. The zero-order chi connectivity index (χ0) is 15.1. The minimum Gasteiger partial charge on any atom is -0.341 e. The van der Waals surface area contributed by atoms with E-state index in [1.165, 1.54) is 0 Å². The molecule has 0 saturated heterocycles. The Kier molecular flexibility index (Phi) is 3.30. The fourth-order valence-corrected chi connectivity index (χ4v) is 3.59. The molecule has 2 rings (SSSR count). The van der Waals surface area contributed by atoms with Crippen molar-refractivity contribution in [3.8, 4) is 0 Å². The molecule has 1 aromatic carbocycles. The van der Waals surface area contributed by atoms with Gasteiger partial charge in [-0.25, -0.2) is 14.6 Å². The summed E-state index contributed by atoms with van der Waals surface area (Å²) in [6, 6.07) is 3.44. The molecule has 0 aliphatic heterocycles. The second-order valence-corrected chi connectivity index (χ2v) is 6.17. The van der Waals surface area contributed by atoms with Crippen LogP contribution in [0.2, 0.25) is 0 Å². The van der Waals surface area contributed by atoms with Crippen LogP contribution in [0, 0.1) is 37.1 Å². The molecule has 1 aromatic heterocycles. The van der Waals surface area contributed by atoms with Gasteiger partial charge in [0.05, 0.1) is 9.92 Å². The van der Waals surface area contributed by atoms with Gasteiger partial charge in [-0.15, -0.1) is 4.79 Å². The molecule has 0 amide bonds. The average molecular weight is 295 g/mol. The van der Waals surface area contributed by atoms with Gasteiger partial charge in [0.15, 0.2) is 9.84 Å². The van der Waals surface area contributed by atoms with Gasteiger partial charge in [0.1, 0.15) is 5.21 Å². The molecule has 0 aliphatic carbocycles. The molecule has 1 heterocycles. The maximum Gasteiger partial charge on any atom is 0.196 e. The highest BCUT2D eigenvalue weighted by atomic mass is 32.2. The third-order valence-corrected chi connectivity index (χ3v) is 4.56. The molecule has 0 atom stereocenters. The molecule has 9 heteroatoms. The fraction of sp³-hybridized carbons (Fsp3) is 0.273. The van der Waals surface area contributed by atoms with E-state index in [0.717, 1.165) is 5.56 Å². The smallest absolute Gasteiger partial charge is 0.196 e. The molecular weight excluding hydrogens is 284 g/mol. The molecule has 0 saturated carbocycles. The third-order valence-electron chi connectivity index (χ3n) is 2.70. The van der Waals surface area contributed by atoms with Crippen LogP contribution in [0.5, 0.6) is 0 Å². The van der Waals surface area contributed by atoms with Crippen LogP contribution < -0.4 is 0 Å². The van der Waals surface area contributed by atoms with Crippen LogP contribution in [0.3, 0.4) is 0 Å². The maximum absolute atomic E-state index is 12.5. The summed E-state index contributed by atoms with van der Waals surface area (Å²) in [6.45, 7) is 5.17. The maximum atomic E-state index is 12.5. The lowest BCUT2D eigenvalue weighted by Gasteiger charge is -2.12. The van der Waals surface area contributed by atoms with E-state index >= 15 is 0 Å². The van der Waals surface area contributed by atoms with Crippen molar-refractivity contribution in [1.82, 2.24) is 15.1 Å². The summed E-state index contributed by atoms with van der Waals surface area (Å²) in [4.78, 5) is 10.7. The van der Waals surface area contributed by atoms with Crippen molar-refractivity contribution >= 4 is 9.84 Å². The van der Waals surface area contributed by atoms with Gasteiger partial charge < -0.3 is 10.1 Å². The van der Waals surface area contributed by atoms with Crippen LogP contribution in [0.15, 0.2) is 22.1 Å². The monoisotopic (exact) mass is 295 g/mol. The number of sulfone groups is 1. The number of rotatable bonds is 3. The van der Waals surface area contributed by atoms with E-state index in [1.54, 1.807) is 26.0 Å². The van der Waals surface area contributed by atoms with Crippen molar-refractivity contribution < 1.29 is 13.5 Å². The summed E-state index contributed by atoms with van der Waals surface area (Å²) < 4.78 is 24.9. The molecule has 0 aliphatic rings. The second-order valence-electron chi connectivity index (χ2n) is 4.36. The van der Waals surface area contributed by atoms with Crippen molar-refractivity contribution in [3.63, 3.8) is 0 Å². The standard InChI is InChI=1S/C11H11N4O4S/c1-7-4-8(2)11(9(3)5-7)20(18,19)10-6-14(13-12-10)15(16)17/h4-5H,1-3H3/q-1. The van der Waals surface area contributed by atoms with Crippen molar-refractivity contribution in [1.29, 1.82) is 0 Å². The highest BCUT2D eigenvalue weighted by Crippen LogP contribution is 2.26. The number of nitrogens with zero attached hydrogens (tertiary/aromatic N) is 4. The molecule has 106 valence electrons. The Bertz CT molecular complexity index is 771. The molecule has 0 N–H and O–H groups in total. The molecule has 8 nitrogen and oxygen atoms in total. The summed E-state index contributed by atoms with van der Waals surface area (Å²) in [5.41, 5.74) is 2.02. The van der Waals surface area contributed by atoms with E-state index in [0.29, 0.717) is 11.1 Å². The van der Waals surface area contributed by atoms with Gasteiger partial charge in [-0.3, -0.25) is 0 Å².